The Bertz CT molecular complexity index is 445. The van der Waals surface area contributed by atoms with Crippen molar-refractivity contribution in [1.29, 1.82) is 0 Å². The summed E-state index contributed by atoms with van der Waals surface area (Å²) in [6.45, 7) is 6.58. The number of aliphatic carboxylic acids is 1. The van der Waals surface area contributed by atoms with Crippen LogP contribution in [0.4, 0.5) is 0 Å². The highest BCUT2D eigenvalue weighted by molar-refractivity contribution is 5.87. The third-order valence-corrected chi connectivity index (χ3v) is 2.26. The second kappa shape index (κ2) is 5.30. The normalized spacial score (nSPS) is 11.6. The first-order chi connectivity index (χ1) is 7.91. The minimum Gasteiger partial charge on any atom is -0.478 e. The van der Waals surface area contributed by atoms with Gasteiger partial charge in [-0.15, -0.1) is 0 Å². The zero-order chi connectivity index (χ0) is 13.0. The molecule has 4 nitrogen and oxygen atoms in total. The smallest absolute Gasteiger partial charge is 0.335 e. The number of benzene rings is 1. The van der Waals surface area contributed by atoms with Crippen LogP contribution in [0.5, 0.6) is 0 Å². The van der Waals surface area contributed by atoms with Crippen LogP contribution in [0, 0.1) is 6.92 Å². The summed E-state index contributed by atoms with van der Waals surface area (Å²) < 4.78 is 4.98. The predicted octanol–water partition coefficient (Wildman–Crippen LogP) is 2.24. The van der Waals surface area contributed by atoms with Crippen LogP contribution in [-0.2, 0) is 14.3 Å². The predicted molar refractivity (Wildman–Crippen MR) is 62.5 cm³/mol. The molecule has 0 aliphatic heterocycles. The second-order valence-electron chi connectivity index (χ2n) is 3.73. The van der Waals surface area contributed by atoms with E-state index < -0.39 is 18.0 Å². The molecule has 1 unspecified atom stereocenters. The number of esters is 1. The Balaban J connectivity index is 3.05. The molecule has 1 rings (SSSR count). The summed E-state index contributed by atoms with van der Waals surface area (Å²) in [7, 11) is 0. The van der Waals surface area contributed by atoms with E-state index in [4.69, 9.17) is 9.84 Å². The fourth-order valence-electron chi connectivity index (χ4n) is 1.36. The van der Waals surface area contributed by atoms with Gasteiger partial charge in [-0.25, -0.2) is 4.79 Å². The van der Waals surface area contributed by atoms with Crippen molar-refractivity contribution in [3.8, 4) is 0 Å². The van der Waals surface area contributed by atoms with Crippen LogP contribution in [0.3, 0.4) is 0 Å². The van der Waals surface area contributed by atoms with Crippen molar-refractivity contribution in [2.75, 3.05) is 0 Å². The van der Waals surface area contributed by atoms with E-state index in [9.17, 15) is 9.59 Å². The number of rotatable bonds is 4. The summed E-state index contributed by atoms with van der Waals surface area (Å²) in [6, 6.07) is 7.08. The number of ether oxygens (including phenoxy) is 1. The van der Waals surface area contributed by atoms with Crippen LogP contribution in [-0.4, -0.2) is 17.0 Å². The van der Waals surface area contributed by atoms with E-state index >= 15 is 0 Å². The zero-order valence-corrected chi connectivity index (χ0v) is 9.77. The van der Waals surface area contributed by atoms with Crippen molar-refractivity contribution < 1.29 is 19.4 Å². The number of hydrogen-bond donors (Lipinski definition) is 1. The second-order valence-corrected chi connectivity index (χ2v) is 3.73. The number of aryl methyl sites for hydroxylation is 1. The Morgan fingerprint density at radius 1 is 1.29 bits per heavy atom. The Kier molecular flexibility index (Phi) is 4.04. The van der Waals surface area contributed by atoms with Crippen LogP contribution in [0.15, 0.2) is 36.4 Å². The first-order valence-electron chi connectivity index (χ1n) is 5.07. The van der Waals surface area contributed by atoms with Crippen LogP contribution < -0.4 is 0 Å². The van der Waals surface area contributed by atoms with E-state index in [-0.39, 0.29) is 5.57 Å². The number of carboxylic acid groups (broad SMARTS) is 1. The first kappa shape index (κ1) is 13.0. The first-order valence-corrected chi connectivity index (χ1v) is 5.07. The van der Waals surface area contributed by atoms with E-state index in [1.54, 1.807) is 12.1 Å². The molecule has 1 aromatic rings. The average molecular weight is 234 g/mol. The van der Waals surface area contributed by atoms with E-state index in [0.29, 0.717) is 5.56 Å². The lowest BCUT2D eigenvalue weighted by atomic mass is 10.0. The Morgan fingerprint density at radius 3 is 2.24 bits per heavy atom. The summed E-state index contributed by atoms with van der Waals surface area (Å²) in [5.41, 5.74) is 1.47. The molecule has 0 bridgehead atoms. The van der Waals surface area contributed by atoms with E-state index in [0.717, 1.165) is 5.56 Å². The molecule has 1 N–H and O–H groups in total. The molecule has 0 aliphatic rings. The lowest BCUT2D eigenvalue weighted by Crippen LogP contribution is -2.16. The highest BCUT2D eigenvalue weighted by atomic mass is 16.5. The van der Waals surface area contributed by atoms with Crippen LogP contribution in [0.2, 0.25) is 0 Å². The number of carbonyl (C=O) groups is 2. The van der Waals surface area contributed by atoms with Gasteiger partial charge >= 0.3 is 11.9 Å². The van der Waals surface area contributed by atoms with Crippen molar-refractivity contribution in [3.63, 3.8) is 0 Å². The third-order valence-electron chi connectivity index (χ3n) is 2.26. The monoisotopic (exact) mass is 234 g/mol. The molecule has 1 aromatic carbocycles. The van der Waals surface area contributed by atoms with Gasteiger partial charge in [0.25, 0.3) is 0 Å². The molecule has 0 spiro atoms. The van der Waals surface area contributed by atoms with Gasteiger partial charge < -0.3 is 9.84 Å². The summed E-state index contributed by atoms with van der Waals surface area (Å²) in [5.74, 6) is -1.73. The molecule has 0 heterocycles. The Labute approximate surface area is 99.5 Å². The van der Waals surface area contributed by atoms with Gasteiger partial charge in [-0.3, -0.25) is 4.79 Å². The van der Waals surface area contributed by atoms with Gasteiger partial charge in [0.1, 0.15) is 0 Å². The number of carboxylic acids is 1. The van der Waals surface area contributed by atoms with Crippen molar-refractivity contribution in [3.05, 3.63) is 47.5 Å². The zero-order valence-electron chi connectivity index (χ0n) is 9.77. The van der Waals surface area contributed by atoms with Gasteiger partial charge in [0.2, 0.25) is 0 Å². The van der Waals surface area contributed by atoms with Gasteiger partial charge in [-0.05, 0) is 12.5 Å². The lowest BCUT2D eigenvalue weighted by molar-refractivity contribution is -0.146. The molecule has 0 aromatic heterocycles. The maximum atomic E-state index is 11.0. The van der Waals surface area contributed by atoms with Crippen molar-refractivity contribution in [2.24, 2.45) is 0 Å². The highest BCUT2D eigenvalue weighted by Crippen LogP contribution is 2.25. The fourth-order valence-corrected chi connectivity index (χ4v) is 1.36. The summed E-state index contributed by atoms with van der Waals surface area (Å²) in [5, 5.41) is 8.89. The standard InChI is InChI=1S/C13H14O4/c1-8-4-6-11(7-5-8)12(17-10(3)14)9(2)13(15)16/h4-7,12H,2H2,1,3H3,(H,15,16). The molecular weight excluding hydrogens is 220 g/mol. The van der Waals surface area contributed by atoms with E-state index in [1.165, 1.54) is 6.92 Å². The van der Waals surface area contributed by atoms with E-state index in [1.807, 2.05) is 19.1 Å². The van der Waals surface area contributed by atoms with Crippen LogP contribution in [0.1, 0.15) is 24.2 Å². The molecule has 17 heavy (non-hydrogen) atoms. The molecule has 4 heteroatoms. The average Bonchev–Trinajstić information content (AvgIpc) is 2.26. The van der Waals surface area contributed by atoms with Crippen molar-refractivity contribution in [1.82, 2.24) is 0 Å². The lowest BCUT2D eigenvalue weighted by Gasteiger charge is -2.17. The fraction of sp³-hybridized carbons (Fsp3) is 0.231. The molecule has 0 aliphatic carbocycles. The van der Waals surface area contributed by atoms with Gasteiger partial charge in [0.15, 0.2) is 6.10 Å². The Hall–Kier alpha value is -2.10. The minimum atomic E-state index is -1.18. The van der Waals surface area contributed by atoms with Crippen LogP contribution in [0.25, 0.3) is 0 Å². The number of hydrogen-bond acceptors (Lipinski definition) is 3. The summed E-state index contributed by atoms with van der Waals surface area (Å²) >= 11 is 0. The maximum absolute atomic E-state index is 11.0. The minimum absolute atomic E-state index is 0.163. The number of carbonyl (C=O) groups excluding carboxylic acids is 1. The quantitative estimate of drug-likeness (QED) is 0.641. The van der Waals surface area contributed by atoms with Crippen molar-refractivity contribution in [2.45, 2.75) is 20.0 Å². The van der Waals surface area contributed by atoms with E-state index in [2.05, 4.69) is 6.58 Å². The molecule has 0 saturated heterocycles. The molecule has 0 fully saturated rings. The molecule has 1 atom stereocenters. The molecule has 0 radical (unpaired) electrons. The van der Waals surface area contributed by atoms with Gasteiger partial charge in [-0.1, -0.05) is 36.4 Å². The molecule has 0 saturated carbocycles. The van der Waals surface area contributed by atoms with Gasteiger partial charge in [-0.2, -0.15) is 0 Å². The topological polar surface area (TPSA) is 63.6 Å². The van der Waals surface area contributed by atoms with Gasteiger partial charge in [0.05, 0.1) is 5.57 Å². The molecule has 0 amide bonds. The molecule has 90 valence electrons. The van der Waals surface area contributed by atoms with Gasteiger partial charge in [0, 0.05) is 6.92 Å². The summed E-state index contributed by atoms with van der Waals surface area (Å²) in [4.78, 5) is 21.8. The molecular formula is C13H14O4. The highest BCUT2D eigenvalue weighted by Gasteiger charge is 2.23. The maximum Gasteiger partial charge on any atom is 0.335 e. The van der Waals surface area contributed by atoms with Crippen molar-refractivity contribution >= 4 is 11.9 Å². The third kappa shape index (κ3) is 3.45. The Morgan fingerprint density at radius 2 is 1.82 bits per heavy atom. The largest absolute Gasteiger partial charge is 0.478 e. The summed E-state index contributed by atoms with van der Waals surface area (Å²) in [6.07, 6.45) is -0.939. The SMILES string of the molecule is C=C(C(=O)O)C(OC(C)=O)c1ccc(C)cc1. The van der Waals surface area contributed by atoms with Crippen LogP contribution >= 0.6 is 0 Å².